The monoisotopic (exact) mass is 596 g/mol. The van der Waals surface area contributed by atoms with Gasteiger partial charge in [0.25, 0.3) is 0 Å². The third-order valence-corrected chi connectivity index (χ3v) is 7.53. The Morgan fingerprint density at radius 3 is 2.68 bits per heavy atom. The van der Waals surface area contributed by atoms with Crippen LogP contribution < -0.4 is 0 Å². The van der Waals surface area contributed by atoms with Crippen LogP contribution in [0.3, 0.4) is 0 Å². The van der Waals surface area contributed by atoms with E-state index in [-0.39, 0.29) is 47.5 Å². The standard InChI is InChI=1S/C34H30F2N4O4/c1-21-13-26(17-32-39-30-10-9-24(34(41)42)16-31(30)40(32)19-27-11-12-43-27)29(36)15-23(21)5-3-4-6-33(38-2)44-20-25-8-7-22(18-37)14-28(25)35/h3-4,6-10,13-16,27H,2,5,11-12,17,19-20H2,1H3,(H,41,42)/b4-3-,33-6+. The van der Waals surface area contributed by atoms with Crippen molar-refractivity contribution < 1.29 is 28.2 Å². The molecule has 1 atom stereocenters. The fourth-order valence-corrected chi connectivity index (χ4v) is 4.96. The number of carboxylic acids is 1. The van der Waals surface area contributed by atoms with E-state index >= 15 is 4.39 Å². The Kier molecular flexibility index (Phi) is 9.26. The first-order chi connectivity index (χ1) is 21.2. The molecule has 0 spiro atoms. The number of aryl methyl sites for hydroxylation is 1. The van der Waals surface area contributed by atoms with Gasteiger partial charge in [0.1, 0.15) is 24.1 Å². The van der Waals surface area contributed by atoms with Gasteiger partial charge in [-0.3, -0.25) is 0 Å². The largest absolute Gasteiger partial charge is 0.478 e. The molecule has 1 N–H and O–H groups in total. The van der Waals surface area contributed by atoms with Crippen molar-refractivity contribution in [1.82, 2.24) is 9.55 Å². The van der Waals surface area contributed by atoms with Crippen LogP contribution in [0.1, 0.15) is 50.4 Å². The predicted octanol–water partition coefficient (Wildman–Crippen LogP) is 6.43. The number of allylic oxidation sites excluding steroid dienone is 3. The summed E-state index contributed by atoms with van der Waals surface area (Å²) in [5.74, 6) is -1.10. The maximum atomic E-state index is 15.4. The summed E-state index contributed by atoms with van der Waals surface area (Å²) in [5, 5.41) is 18.4. The molecule has 224 valence electrons. The van der Waals surface area contributed by atoms with Crippen molar-refractivity contribution in [1.29, 1.82) is 5.26 Å². The Hall–Kier alpha value is -5.14. The summed E-state index contributed by atoms with van der Waals surface area (Å²) >= 11 is 0. The zero-order valence-electron chi connectivity index (χ0n) is 24.1. The van der Waals surface area contributed by atoms with Gasteiger partial charge in [0, 0.05) is 18.6 Å². The minimum absolute atomic E-state index is 0.00812. The van der Waals surface area contributed by atoms with E-state index in [9.17, 15) is 14.3 Å². The van der Waals surface area contributed by atoms with Crippen LogP contribution in [-0.4, -0.2) is 40.1 Å². The topological polar surface area (TPSA) is 110 Å². The van der Waals surface area contributed by atoms with Crippen molar-refractivity contribution in [2.24, 2.45) is 4.99 Å². The van der Waals surface area contributed by atoms with Gasteiger partial charge in [0.2, 0.25) is 5.88 Å². The lowest BCUT2D eigenvalue weighted by molar-refractivity contribution is -0.0589. The van der Waals surface area contributed by atoms with Crippen LogP contribution in [0.15, 0.2) is 77.6 Å². The van der Waals surface area contributed by atoms with Gasteiger partial charge >= 0.3 is 5.97 Å². The van der Waals surface area contributed by atoms with E-state index in [1.165, 1.54) is 24.3 Å². The summed E-state index contributed by atoms with van der Waals surface area (Å²) < 4.78 is 42.6. The number of halogens is 2. The zero-order valence-corrected chi connectivity index (χ0v) is 24.1. The molecule has 2 heterocycles. The van der Waals surface area contributed by atoms with E-state index in [0.29, 0.717) is 42.0 Å². The number of benzene rings is 3. The minimum atomic E-state index is -1.02. The van der Waals surface area contributed by atoms with E-state index in [2.05, 4.69) is 11.7 Å². The van der Waals surface area contributed by atoms with Crippen LogP contribution in [0, 0.1) is 29.9 Å². The number of aliphatic imine (C=N–C) groups is 1. The minimum Gasteiger partial charge on any atom is -0.478 e. The zero-order chi connectivity index (χ0) is 31.2. The van der Waals surface area contributed by atoms with Gasteiger partial charge in [-0.1, -0.05) is 24.3 Å². The summed E-state index contributed by atoms with van der Waals surface area (Å²) in [5.41, 5.74) is 4.19. The van der Waals surface area contributed by atoms with Gasteiger partial charge in [0.15, 0.2) is 0 Å². The molecule has 0 bridgehead atoms. The number of imidazole rings is 1. The van der Waals surface area contributed by atoms with Crippen molar-refractivity contribution in [3.63, 3.8) is 0 Å². The van der Waals surface area contributed by atoms with Gasteiger partial charge in [-0.15, -0.1) is 0 Å². The quantitative estimate of drug-likeness (QED) is 0.115. The molecule has 0 aliphatic carbocycles. The Morgan fingerprint density at radius 1 is 1.20 bits per heavy atom. The van der Waals surface area contributed by atoms with Gasteiger partial charge in [-0.05, 0) is 85.6 Å². The van der Waals surface area contributed by atoms with Gasteiger partial charge < -0.3 is 19.1 Å². The van der Waals surface area contributed by atoms with Crippen molar-refractivity contribution >= 4 is 23.7 Å². The molecule has 1 fully saturated rings. The van der Waals surface area contributed by atoms with E-state index < -0.39 is 11.8 Å². The Morgan fingerprint density at radius 2 is 2.00 bits per heavy atom. The third-order valence-electron chi connectivity index (χ3n) is 7.53. The van der Waals surface area contributed by atoms with Crippen LogP contribution in [0.2, 0.25) is 0 Å². The Bertz CT molecular complexity index is 1830. The molecule has 10 heteroatoms. The SMILES string of the molecule is C=N/C(=C\C=C/Cc1cc(F)c(Cc2nc3ccc(C(=O)O)cc3n2CC2CCO2)cc1C)OCc1ccc(C#N)cc1F. The number of nitrogens with zero attached hydrogens (tertiary/aromatic N) is 4. The number of aromatic carboxylic acids is 1. The lowest BCUT2D eigenvalue weighted by Gasteiger charge is -2.27. The maximum Gasteiger partial charge on any atom is 0.335 e. The second kappa shape index (κ2) is 13.4. The molecule has 1 aliphatic heterocycles. The number of nitriles is 1. The third kappa shape index (κ3) is 6.90. The predicted molar refractivity (Wildman–Crippen MR) is 161 cm³/mol. The van der Waals surface area contributed by atoms with Crippen LogP contribution >= 0.6 is 0 Å². The molecule has 0 amide bonds. The molecule has 1 aromatic heterocycles. The second-order valence-electron chi connectivity index (χ2n) is 10.5. The van der Waals surface area contributed by atoms with Crippen LogP contribution in [0.4, 0.5) is 8.78 Å². The molecule has 1 aliphatic rings. The number of ether oxygens (including phenoxy) is 2. The number of fused-ring (bicyclic) bond motifs is 1. The number of carboxylic acid groups (broad SMARTS) is 1. The van der Waals surface area contributed by atoms with Crippen LogP contribution in [0.25, 0.3) is 11.0 Å². The van der Waals surface area contributed by atoms with E-state index in [1.807, 2.05) is 29.7 Å². The highest BCUT2D eigenvalue weighted by Crippen LogP contribution is 2.26. The van der Waals surface area contributed by atoms with E-state index in [4.69, 9.17) is 19.7 Å². The van der Waals surface area contributed by atoms with Gasteiger partial charge in [0.05, 0.1) is 40.9 Å². The summed E-state index contributed by atoms with van der Waals surface area (Å²) in [6, 6.07) is 14.1. The molecule has 5 rings (SSSR count). The highest BCUT2D eigenvalue weighted by molar-refractivity contribution is 5.92. The first-order valence-corrected chi connectivity index (χ1v) is 14.0. The number of hydrogen-bond donors (Lipinski definition) is 1. The fourth-order valence-electron chi connectivity index (χ4n) is 4.96. The smallest absolute Gasteiger partial charge is 0.335 e. The van der Waals surface area contributed by atoms with E-state index in [1.54, 1.807) is 24.3 Å². The van der Waals surface area contributed by atoms with E-state index in [0.717, 1.165) is 23.6 Å². The molecular formula is C34H30F2N4O4. The number of carbonyl (C=O) groups is 1. The van der Waals surface area contributed by atoms with Crippen LogP contribution in [0.5, 0.6) is 0 Å². The molecular weight excluding hydrogens is 566 g/mol. The normalized spacial score (nSPS) is 14.9. The average Bonchev–Trinajstić information content (AvgIpc) is 3.33. The average molecular weight is 597 g/mol. The fraction of sp³-hybridized carbons (Fsp3) is 0.235. The molecule has 3 aromatic carbocycles. The second-order valence-corrected chi connectivity index (χ2v) is 10.5. The molecule has 1 saturated heterocycles. The molecule has 1 unspecified atom stereocenters. The van der Waals surface area contributed by atoms with Crippen molar-refractivity contribution in [3.8, 4) is 6.07 Å². The molecule has 44 heavy (non-hydrogen) atoms. The van der Waals surface area contributed by atoms with Crippen molar-refractivity contribution in [2.75, 3.05) is 6.61 Å². The summed E-state index contributed by atoms with van der Waals surface area (Å²) in [7, 11) is 0. The number of hydrogen-bond acceptors (Lipinski definition) is 6. The maximum absolute atomic E-state index is 15.4. The first-order valence-electron chi connectivity index (χ1n) is 14.0. The van der Waals surface area contributed by atoms with Crippen LogP contribution in [-0.2, 0) is 35.5 Å². The van der Waals surface area contributed by atoms with Crippen molar-refractivity contribution in [2.45, 2.75) is 45.4 Å². The van der Waals surface area contributed by atoms with Crippen molar-refractivity contribution in [3.05, 3.63) is 123 Å². The lowest BCUT2D eigenvalue weighted by Crippen LogP contribution is -2.31. The van der Waals surface area contributed by atoms with Gasteiger partial charge in [-0.2, -0.15) is 5.26 Å². The molecule has 8 nitrogen and oxygen atoms in total. The molecule has 0 saturated carbocycles. The lowest BCUT2D eigenvalue weighted by atomic mass is 10.00. The number of aromatic nitrogens is 2. The summed E-state index contributed by atoms with van der Waals surface area (Å²) in [6.07, 6.45) is 6.71. The Balaban J connectivity index is 1.28. The highest BCUT2D eigenvalue weighted by Gasteiger charge is 2.23. The summed E-state index contributed by atoms with van der Waals surface area (Å²) in [6.45, 7) is 6.52. The molecule has 4 aromatic rings. The number of rotatable bonds is 12. The summed E-state index contributed by atoms with van der Waals surface area (Å²) in [4.78, 5) is 20.1. The van der Waals surface area contributed by atoms with Gasteiger partial charge in [-0.25, -0.2) is 23.6 Å². The first kappa shape index (κ1) is 30.3. The molecule has 0 radical (unpaired) electrons. The highest BCUT2D eigenvalue weighted by atomic mass is 19.1. The Labute approximate surface area is 253 Å².